The second-order valence-corrected chi connectivity index (χ2v) is 6.91. The van der Waals surface area contributed by atoms with Gasteiger partial charge in [0.25, 0.3) is 5.91 Å². The van der Waals surface area contributed by atoms with Crippen molar-refractivity contribution in [1.82, 2.24) is 14.9 Å². The average molecular weight is 387 g/mol. The number of carbonyl (C=O) groups is 1. The zero-order valence-corrected chi connectivity index (χ0v) is 15.7. The molecule has 4 rings (SSSR count). The van der Waals surface area contributed by atoms with Gasteiger partial charge in [-0.15, -0.1) is 0 Å². The lowest BCUT2D eigenvalue weighted by molar-refractivity contribution is 0.0826. The van der Waals surface area contributed by atoms with Gasteiger partial charge in [0.2, 0.25) is 0 Å². The molecular formula is C20H19F2N3O3. The topological polar surface area (TPSA) is 67.5 Å². The molecular weight excluding hydrogens is 368 g/mol. The van der Waals surface area contributed by atoms with Gasteiger partial charge in [-0.3, -0.25) is 4.79 Å². The molecule has 0 aliphatic carbocycles. The fraction of sp³-hybridized carbons (Fsp3) is 0.300. The summed E-state index contributed by atoms with van der Waals surface area (Å²) >= 11 is 0. The summed E-state index contributed by atoms with van der Waals surface area (Å²) in [5.41, 5.74) is 1.60. The molecule has 1 aromatic heterocycles. The Kier molecular flexibility index (Phi) is 4.41. The third-order valence-corrected chi connectivity index (χ3v) is 4.64. The van der Waals surface area contributed by atoms with E-state index >= 15 is 0 Å². The van der Waals surface area contributed by atoms with Crippen LogP contribution in [0, 0.1) is 18.6 Å². The summed E-state index contributed by atoms with van der Waals surface area (Å²) in [6.45, 7) is 1.98. The van der Waals surface area contributed by atoms with Crippen molar-refractivity contribution in [2.45, 2.75) is 19.4 Å². The maximum atomic E-state index is 14.4. The summed E-state index contributed by atoms with van der Waals surface area (Å²) < 4.78 is 39.9. The highest BCUT2D eigenvalue weighted by molar-refractivity contribution is 5.99. The van der Waals surface area contributed by atoms with Crippen LogP contribution in [0.1, 0.15) is 34.3 Å². The number of aromatic nitrogens is 2. The summed E-state index contributed by atoms with van der Waals surface area (Å²) in [6.07, 6.45) is -0.422. The van der Waals surface area contributed by atoms with Crippen molar-refractivity contribution in [3.8, 4) is 11.5 Å². The molecule has 1 amide bonds. The van der Waals surface area contributed by atoms with Crippen molar-refractivity contribution in [2.75, 3.05) is 20.7 Å². The van der Waals surface area contributed by atoms with Crippen LogP contribution in [0.3, 0.4) is 0 Å². The maximum Gasteiger partial charge on any atom is 0.253 e. The molecule has 0 saturated heterocycles. The first kappa shape index (κ1) is 18.2. The quantitative estimate of drug-likeness (QED) is 0.743. The first-order valence-electron chi connectivity index (χ1n) is 8.84. The Balaban J connectivity index is 1.81. The van der Waals surface area contributed by atoms with E-state index in [2.05, 4.69) is 9.97 Å². The molecule has 0 bridgehead atoms. The fourth-order valence-electron chi connectivity index (χ4n) is 3.36. The average Bonchev–Trinajstić information content (AvgIpc) is 3.04. The Labute approximate surface area is 160 Å². The summed E-state index contributed by atoms with van der Waals surface area (Å²) in [6, 6.07) is 5.36. The van der Waals surface area contributed by atoms with Crippen LogP contribution in [0.15, 0.2) is 24.3 Å². The number of rotatable bonds is 3. The van der Waals surface area contributed by atoms with Crippen LogP contribution in [-0.4, -0.2) is 41.5 Å². The van der Waals surface area contributed by atoms with Gasteiger partial charge in [-0.05, 0) is 31.2 Å². The lowest BCUT2D eigenvalue weighted by Crippen LogP contribution is -2.23. The molecule has 0 saturated carbocycles. The number of nitrogens with zero attached hydrogens (tertiary/aromatic N) is 2. The zero-order valence-electron chi connectivity index (χ0n) is 15.7. The normalized spacial score (nSPS) is 15.8. The number of hydrogen-bond acceptors (Lipinski definition) is 4. The first-order valence-corrected chi connectivity index (χ1v) is 8.84. The minimum absolute atomic E-state index is 0.0380. The lowest BCUT2D eigenvalue weighted by Gasteiger charge is -2.27. The molecule has 1 atom stereocenters. The van der Waals surface area contributed by atoms with E-state index in [1.807, 2.05) is 0 Å². The van der Waals surface area contributed by atoms with Gasteiger partial charge < -0.3 is 19.4 Å². The van der Waals surface area contributed by atoms with E-state index in [0.717, 1.165) is 12.1 Å². The largest absolute Gasteiger partial charge is 0.490 e. The molecule has 3 aromatic rings. The SMILES string of the molecule is Cc1nc2c(OC3CCOc4c(F)ccc(F)c43)cc(C(=O)N(C)C)cc2[nH]1. The fourth-order valence-corrected chi connectivity index (χ4v) is 3.36. The molecule has 1 unspecified atom stereocenters. The number of imidazole rings is 1. The molecule has 1 aliphatic heterocycles. The third-order valence-electron chi connectivity index (χ3n) is 4.64. The van der Waals surface area contributed by atoms with E-state index in [4.69, 9.17) is 9.47 Å². The van der Waals surface area contributed by atoms with E-state index in [0.29, 0.717) is 34.6 Å². The zero-order chi connectivity index (χ0) is 20.0. The third kappa shape index (κ3) is 3.04. The molecule has 28 heavy (non-hydrogen) atoms. The Morgan fingerprint density at radius 2 is 2.04 bits per heavy atom. The van der Waals surface area contributed by atoms with Crippen LogP contribution in [0.25, 0.3) is 11.0 Å². The first-order chi connectivity index (χ1) is 13.3. The number of hydrogen-bond donors (Lipinski definition) is 1. The van der Waals surface area contributed by atoms with Crippen molar-refractivity contribution in [3.05, 3.63) is 52.9 Å². The molecule has 0 spiro atoms. The predicted molar refractivity (Wildman–Crippen MR) is 98.7 cm³/mol. The van der Waals surface area contributed by atoms with Crippen molar-refractivity contribution in [2.24, 2.45) is 0 Å². The Morgan fingerprint density at radius 1 is 1.29 bits per heavy atom. The highest BCUT2D eigenvalue weighted by Gasteiger charge is 2.30. The molecule has 146 valence electrons. The van der Waals surface area contributed by atoms with Crippen molar-refractivity contribution in [1.29, 1.82) is 0 Å². The van der Waals surface area contributed by atoms with Gasteiger partial charge >= 0.3 is 0 Å². The maximum absolute atomic E-state index is 14.4. The number of aryl methyl sites for hydroxylation is 1. The molecule has 1 aliphatic rings. The predicted octanol–water partition coefficient (Wildman–Crippen LogP) is 3.75. The van der Waals surface area contributed by atoms with Crippen molar-refractivity contribution < 1.29 is 23.0 Å². The molecule has 2 heterocycles. The minimum Gasteiger partial charge on any atom is -0.490 e. The molecule has 1 N–H and O–H groups in total. The Bertz CT molecular complexity index is 1080. The monoisotopic (exact) mass is 387 g/mol. The number of ether oxygens (including phenoxy) is 2. The van der Waals surface area contributed by atoms with E-state index in [1.165, 1.54) is 4.90 Å². The van der Waals surface area contributed by atoms with Crippen LogP contribution >= 0.6 is 0 Å². The van der Waals surface area contributed by atoms with E-state index in [-0.39, 0.29) is 23.8 Å². The number of fused-ring (bicyclic) bond motifs is 2. The molecule has 2 aromatic carbocycles. The number of carbonyl (C=O) groups excluding carboxylic acids is 1. The molecule has 0 radical (unpaired) electrons. The van der Waals surface area contributed by atoms with Crippen LogP contribution in [0.2, 0.25) is 0 Å². The Morgan fingerprint density at radius 3 is 2.79 bits per heavy atom. The van der Waals surface area contributed by atoms with Gasteiger partial charge in [-0.1, -0.05) is 0 Å². The summed E-state index contributed by atoms with van der Waals surface area (Å²) in [5.74, 6) is -0.597. The Hall–Kier alpha value is -3.16. The highest BCUT2D eigenvalue weighted by Crippen LogP contribution is 2.40. The summed E-state index contributed by atoms with van der Waals surface area (Å²) in [7, 11) is 3.30. The highest BCUT2D eigenvalue weighted by atomic mass is 19.1. The van der Waals surface area contributed by atoms with Gasteiger partial charge in [0, 0.05) is 26.1 Å². The summed E-state index contributed by atoms with van der Waals surface area (Å²) in [4.78, 5) is 21.4. The minimum atomic E-state index is -0.760. The number of benzene rings is 2. The van der Waals surface area contributed by atoms with Crippen molar-refractivity contribution in [3.63, 3.8) is 0 Å². The van der Waals surface area contributed by atoms with Gasteiger partial charge in [-0.2, -0.15) is 0 Å². The summed E-state index contributed by atoms with van der Waals surface area (Å²) in [5, 5.41) is 0. The van der Waals surface area contributed by atoms with Gasteiger partial charge in [0.05, 0.1) is 17.7 Å². The lowest BCUT2D eigenvalue weighted by atomic mass is 10.0. The van der Waals surface area contributed by atoms with Gasteiger partial charge in [0.1, 0.15) is 29.0 Å². The number of amides is 1. The van der Waals surface area contributed by atoms with Gasteiger partial charge in [-0.25, -0.2) is 13.8 Å². The number of aromatic amines is 1. The van der Waals surface area contributed by atoms with Crippen LogP contribution < -0.4 is 9.47 Å². The van der Waals surface area contributed by atoms with E-state index < -0.39 is 17.7 Å². The van der Waals surface area contributed by atoms with Crippen LogP contribution in [-0.2, 0) is 0 Å². The smallest absolute Gasteiger partial charge is 0.253 e. The number of H-pyrrole nitrogens is 1. The number of halogens is 2. The van der Waals surface area contributed by atoms with E-state index in [9.17, 15) is 13.6 Å². The van der Waals surface area contributed by atoms with Gasteiger partial charge in [0.15, 0.2) is 11.6 Å². The van der Waals surface area contributed by atoms with E-state index in [1.54, 1.807) is 33.2 Å². The molecule has 6 nitrogen and oxygen atoms in total. The second-order valence-electron chi connectivity index (χ2n) is 6.91. The molecule has 0 fully saturated rings. The molecule has 8 heteroatoms. The number of nitrogens with one attached hydrogen (secondary N) is 1. The standard InChI is InChI=1S/C20H19F2N3O3/c1-10-23-14-8-11(20(26)25(2)3)9-16(18(14)24-10)28-15-6-7-27-19-13(22)5-4-12(21)17(15)19/h4-5,8-9,15H,6-7H2,1-3H3,(H,23,24). The van der Waals surface area contributed by atoms with Crippen LogP contribution in [0.5, 0.6) is 11.5 Å². The van der Waals surface area contributed by atoms with Crippen molar-refractivity contribution >= 4 is 16.9 Å². The second kappa shape index (κ2) is 6.78. The van der Waals surface area contributed by atoms with Crippen LogP contribution in [0.4, 0.5) is 8.78 Å².